The van der Waals surface area contributed by atoms with Gasteiger partial charge in [0, 0.05) is 65.4 Å². The zero-order valence-corrected chi connectivity index (χ0v) is 19.8. The first-order valence-corrected chi connectivity index (χ1v) is 12.3. The molecule has 35 heavy (non-hydrogen) atoms. The minimum atomic E-state index is -3.62. The highest BCUT2D eigenvalue weighted by Gasteiger charge is 2.16. The van der Waals surface area contributed by atoms with E-state index in [1.54, 1.807) is 35.3 Å². The van der Waals surface area contributed by atoms with Crippen LogP contribution in [-0.2, 0) is 17.1 Å². The Balaban J connectivity index is 1.80. The van der Waals surface area contributed by atoms with Crippen molar-refractivity contribution < 1.29 is 17.2 Å². The zero-order chi connectivity index (χ0) is 25.2. The van der Waals surface area contributed by atoms with E-state index in [2.05, 4.69) is 15.1 Å². The summed E-state index contributed by atoms with van der Waals surface area (Å²) in [6.07, 6.45) is 10.2. The van der Waals surface area contributed by atoms with Crippen LogP contribution in [-0.4, -0.2) is 30.2 Å². The third kappa shape index (κ3) is 5.38. The number of nitrogens with zero attached hydrogens (tertiary/aromatic N) is 2. The Labute approximate surface area is 202 Å². The van der Waals surface area contributed by atoms with Gasteiger partial charge >= 0.3 is 0 Å². The molecule has 0 fully saturated rings. The molecular weight excluding hydrogens is 472 g/mol. The maximum Gasteiger partial charge on any atom is 0.232 e. The van der Waals surface area contributed by atoms with E-state index in [9.17, 15) is 17.2 Å². The van der Waals surface area contributed by atoms with Crippen LogP contribution in [0.3, 0.4) is 0 Å². The predicted molar refractivity (Wildman–Crippen MR) is 134 cm³/mol. The van der Waals surface area contributed by atoms with Gasteiger partial charge in [-0.3, -0.25) is 9.40 Å². The van der Waals surface area contributed by atoms with Crippen molar-refractivity contribution in [3.8, 4) is 11.1 Å². The summed E-state index contributed by atoms with van der Waals surface area (Å²) in [6, 6.07) is 7.87. The van der Waals surface area contributed by atoms with Crippen molar-refractivity contribution in [3.63, 3.8) is 0 Å². The molecule has 0 amide bonds. The lowest BCUT2D eigenvalue weighted by Crippen LogP contribution is -2.15. The van der Waals surface area contributed by atoms with Crippen LogP contribution in [0.4, 0.5) is 14.5 Å². The maximum atomic E-state index is 14.6. The van der Waals surface area contributed by atoms with E-state index < -0.39 is 21.7 Å². The molecule has 0 saturated heterocycles. The normalized spacial score (nSPS) is 14.8. The van der Waals surface area contributed by atoms with Crippen LogP contribution < -0.4 is 10.0 Å². The smallest absolute Gasteiger partial charge is 0.232 e. The van der Waals surface area contributed by atoms with Crippen molar-refractivity contribution in [3.05, 3.63) is 95.6 Å². The van der Waals surface area contributed by atoms with E-state index in [1.165, 1.54) is 19.1 Å². The summed E-state index contributed by atoms with van der Waals surface area (Å²) < 4.78 is 56.7. The number of dihydropyridines is 1. The molecule has 0 spiro atoms. The van der Waals surface area contributed by atoms with Gasteiger partial charge < -0.3 is 10.7 Å². The molecule has 10 heteroatoms. The van der Waals surface area contributed by atoms with Crippen LogP contribution in [0.5, 0.6) is 0 Å². The molecule has 0 aliphatic carbocycles. The van der Waals surface area contributed by atoms with Gasteiger partial charge in [0.2, 0.25) is 10.0 Å². The monoisotopic (exact) mass is 495 g/mol. The summed E-state index contributed by atoms with van der Waals surface area (Å²) in [7, 11) is -1.80. The quantitative estimate of drug-likeness (QED) is 0.414. The number of rotatable bonds is 7. The summed E-state index contributed by atoms with van der Waals surface area (Å²) in [4.78, 5) is 0. The number of hydrogen-bond donors (Lipinski definition) is 3. The van der Waals surface area contributed by atoms with E-state index >= 15 is 0 Å². The van der Waals surface area contributed by atoms with Gasteiger partial charge in [-0.15, -0.1) is 0 Å². The summed E-state index contributed by atoms with van der Waals surface area (Å²) >= 11 is 0. The van der Waals surface area contributed by atoms with Crippen molar-refractivity contribution in [1.82, 2.24) is 15.1 Å². The molecule has 2 heterocycles. The Kier molecular flexibility index (Phi) is 6.65. The van der Waals surface area contributed by atoms with Gasteiger partial charge in [-0.25, -0.2) is 17.2 Å². The molecule has 7 nitrogen and oxygen atoms in total. The number of sulfonamides is 1. The van der Waals surface area contributed by atoms with Crippen molar-refractivity contribution in [1.29, 1.82) is 5.41 Å². The summed E-state index contributed by atoms with van der Waals surface area (Å²) in [5.41, 5.74) is 3.96. The minimum absolute atomic E-state index is 0.102. The van der Waals surface area contributed by atoms with Gasteiger partial charge in [0.15, 0.2) is 0 Å². The van der Waals surface area contributed by atoms with Crippen molar-refractivity contribution in [2.24, 2.45) is 7.05 Å². The first-order valence-electron chi connectivity index (χ1n) is 10.7. The van der Waals surface area contributed by atoms with Crippen molar-refractivity contribution in [2.75, 3.05) is 10.5 Å². The van der Waals surface area contributed by atoms with Gasteiger partial charge in [-0.2, -0.15) is 5.10 Å². The SMILES string of the molecule is CCS(=O)(=O)Nc1cc(/C(C=N)=C2\C=CC(c3cnn(C)c3)=CN2)cc(-c2ccc(F)cc2F)c1. The molecule has 0 bridgehead atoms. The Bertz CT molecular complexity index is 1500. The predicted octanol–water partition coefficient (Wildman–Crippen LogP) is 4.69. The Morgan fingerprint density at radius 2 is 1.97 bits per heavy atom. The number of halogens is 2. The average Bonchev–Trinajstić information content (AvgIpc) is 3.26. The van der Waals surface area contributed by atoms with Crippen molar-refractivity contribution >= 4 is 33.1 Å². The number of nitrogens with one attached hydrogen (secondary N) is 3. The molecule has 1 aromatic heterocycles. The van der Waals surface area contributed by atoms with E-state index in [-0.39, 0.29) is 17.0 Å². The Hall–Kier alpha value is -4.05. The molecule has 3 aromatic rings. The van der Waals surface area contributed by atoms with Crippen LogP contribution >= 0.6 is 0 Å². The highest BCUT2D eigenvalue weighted by molar-refractivity contribution is 7.92. The van der Waals surface area contributed by atoms with Crippen molar-refractivity contribution in [2.45, 2.75) is 6.92 Å². The maximum absolute atomic E-state index is 14.6. The molecule has 1 aliphatic rings. The fourth-order valence-corrected chi connectivity index (χ4v) is 4.25. The third-order valence-corrected chi connectivity index (χ3v) is 6.73. The van der Waals surface area contributed by atoms with Crippen LogP contribution in [0.25, 0.3) is 22.3 Å². The number of hydrogen-bond acceptors (Lipinski definition) is 5. The largest absolute Gasteiger partial charge is 0.361 e. The van der Waals surface area contributed by atoms with Crippen LogP contribution in [0.2, 0.25) is 0 Å². The number of anilines is 1. The highest BCUT2D eigenvalue weighted by Crippen LogP contribution is 2.32. The van der Waals surface area contributed by atoms with Crippen LogP contribution in [0, 0.1) is 17.0 Å². The molecule has 0 saturated carbocycles. The molecule has 2 aromatic carbocycles. The first-order chi connectivity index (χ1) is 16.7. The van der Waals surface area contributed by atoms with Gasteiger partial charge in [0.25, 0.3) is 0 Å². The fourth-order valence-electron chi connectivity index (χ4n) is 3.63. The van der Waals surface area contributed by atoms with Gasteiger partial charge in [-0.05, 0) is 54.5 Å². The lowest BCUT2D eigenvalue weighted by atomic mass is 9.96. The Morgan fingerprint density at radius 1 is 1.17 bits per heavy atom. The molecule has 0 atom stereocenters. The molecule has 0 unspecified atom stereocenters. The molecule has 3 N–H and O–H groups in total. The summed E-state index contributed by atoms with van der Waals surface area (Å²) in [5.74, 6) is -1.65. The lowest BCUT2D eigenvalue weighted by Gasteiger charge is -2.17. The molecule has 1 aliphatic heterocycles. The first kappa shape index (κ1) is 24.1. The summed E-state index contributed by atoms with van der Waals surface area (Å²) in [6.45, 7) is 1.50. The number of aromatic nitrogens is 2. The van der Waals surface area contributed by atoms with Crippen LogP contribution in [0.15, 0.2) is 72.8 Å². The van der Waals surface area contributed by atoms with E-state index in [4.69, 9.17) is 5.41 Å². The highest BCUT2D eigenvalue weighted by atomic mass is 32.2. The number of aryl methyl sites for hydroxylation is 1. The number of benzene rings is 2. The lowest BCUT2D eigenvalue weighted by molar-refractivity contribution is 0.585. The average molecular weight is 496 g/mol. The third-order valence-electron chi connectivity index (χ3n) is 5.42. The van der Waals surface area contributed by atoms with Crippen LogP contribution in [0.1, 0.15) is 18.1 Å². The van der Waals surface area contributed by atoms with E-state index in [0.29, 0.717) is 22.4 Å². The standard InChI is InChI=1S/C25H23F2N5O2S/c1-3-35(33,34)31-21-9-17(22-6-5-20(26)11-24(22)27)8-18(10-21)23(12-28)25-7-4-16(13-29-25)19-14-30-32(2)15-19/h4-15,28-29,31H,3H2,1-2H3/b25-23+,28-12?. The van der Waals surface area contributed by atoms with E-state index in [1.807, 2.05) is 19.3 Å². The van der Waals surface area contributed by atoms with Gasteiger partial charge in [-0.1, -0.05) is 6.08 Å². The van der Waals surface area contributed by atoms with Gasteiger partial charge in [0.05, 0.1) is 11.9 Å². The second-order valence-electron chi connectivity index (χ2n) is 7.88. The zero-order valence-electron chi connectivity index (χ0n) is 19.0. The molecule has 4 rings (SSSR count). The second kappa shape index (κ2) is 9.67. The second-order valence-corrected chi connectivity index (χ2v) is 9.89. The minimum Gasteiger partial charge on any atom is -0.361 e. The summed E-state index contributed by atoms with van der Waals surface area (Å²) in [5, 5.41) is 15.4. The molecule has 180 valence electrons. The molecule has 0 radical (unpaired) electrons. The topological polar surface area (TPSA) is 99.9 Å². The Morgan fingerprint density at radius 3 is 2.57 bits per heavy atom. The molecular formula is C25H23F2N5O2S. The number of allylic oxidation sites excluding steroid dienone is 4. The fraction of sp³-hybridized carbons (Fsp3) is 0.120. The van der Waals surface area contributed by atoms with Gasteiger partial charge in [0.1, 0.15) is 11.6 Å². The van der Waals surface area contributed by atoms with E-state index in [0.717, 1.165) is 29.5 Å².